The molecule has 0 bridgehead atoms. The van der Waals surface area contributed by atoms with Crippen LogP contribution in [0.4, 0.5) is 0 Å². The highest BCUT2D eigenvalue weighted by Gasteiger charge is 2.17. The number of carbonyl (C=O) groups is 1. The molecule has 2 aromatic carbocycles. The van der Waals surface area contributed by atoms with Crippen LogP contribution in [-0.4, -0.2) is 5.97 Å². The molecule has 2 heteroatoms. The fraction of sp³-hybridized carbons (Fsp3) is 0.0588. The Morgan fingerprint density at radius 2 is 1.47 bits per heavy atom. The molecule has 0 saturated carbocycles. The highest BCUT2D eigenvalue weighted by molar-refractivity contribution is 5.82. The number of esters is 1. The van der Waals surface area contributed by atoms with Crippen molar-refractivity contribution in [2.45, 2.75) is 6.10 Å². The molecule has 2 aromatic rings. The van der Waals surface area contributed by atoms with Crippen LogP contribution in [0.2, 0.25) is 0 Å². The van der Waals surface area contributed by atoms with Crippen molar-refractivity contribution >= 4 is 5.97 Å². The lowest BCUT2D eigenvalue weighted by Gasteiger charge is -2.17. The molecule has 0 heterocycles. The molecule has 0 aliphatic heterocycles. The predicted molar refractivity (Wildman–Crippen MR) is 74.5 cm³/mol. The standard InChI is InChI=1S/C17H14O2/c1-2-9-16(18)19-17(14-10-5-3-6-11-14)15-12-7-4-8-13-15/h3-13,17H,1H2. The van der Waals surface area contributed by atoms with Gasteiger partial charge in [-0.15, -0.1) is 5.73 Å². The number of ether oxygens (including phenoxy) is 1. The second kappa shape index (κ2) is 6.39. The second-order valence-electron chi connectivity index (χ2n) is 3.99. The van der Waals surface area contributed by atoms with Crippen LogP contribution in [0.15, 0.2) is 79.0 Å². The van der Waals surface area contributed by atoms with Gasteiger partial charge in [0.05, 0.1) is 6.08 Å². The Kier molecular flexibility index (Phi) is 4.33. The van der Waals surface area contributed by atoms with Gasteiger partial charge in [0.1, 0.15) is 0 Å². The SMILES string of the molecule is C=C=CC(=O)OC(c1ccccc1)c1ccccc1. The van der Waals surface area contributed by atoms with Crippen molar-refractivity contribution in [1.29, 1.82) is 0 Å². The number of hydrogen-bond donors (Lipinski definition) is 0. The van der Waals surface area contributed by atoms with Crippen molar-refractivity contribution in [3.8, 4) is 0 Å². The van der Waals surface area contributed by atoms with E-state index in [4.69, 9.17) is 4.74 Å². The van der Waals surface area contributed by atoms with E-state index in [-0.39, 0.29) is 0 Å². The zero-order valence-electron chi connectivity index (χ0n) is 10.5. The summed E-state index contributed by atoms with van der Waals surface area (Å²) in [6, 6.07) is 19.3. The Hall–Kier alpha value is -2.57. The normalized spacial score (nSPS) is 9.74. The van der Waals surface area contributed by atoms with E-state index in [0.717, 1.165) is 11.1 Å². The summed E-state index contributed by atoms with van der Waals surface area (Å²) in [5.41, 5.74) is 4.29. The van der Waals surface area contributed by atoms with E-state index >= 15 is 0 Å². The lowest BCUT2D eigenvalue weighted by Crippen LogP contribution is -2.10. The molecule has 0 amide bonds. The molecule has 0 unspecified atom stereocenters. The van der Waals surface area contributed by atoms with Crippen LogP contribution >= 0.6 is 0 Å². The van der Waals surface area contributed by atoms with Crippen molar-refractivity contribution in [3.63, 3.8) is 0 Å². The van der Waals surface area contributed by atoms with Gasteiger partial charge in [-0.05, 0) is 11.1 Å². The Labute approximate surface area is 112 Å². The second-order valence-corrected chi connectivity index (χ2v) is 3.99. The monoisotopic (exact) mass is 250 g/mol. The van der Waals surface area contributed by atoms with Gasteiger partial charge in [-0.1, -0.05) is 67.2 Å². The fourth-order valence-corrected chi connectivity index (χ4v) is 1.82. The Morgan fingerprint density at radius 3 is 1.89 bits per heavy atom. The molecule has 0 radical (unpaired) electrons. The average molecular weight is 250 g/mol. The first kappa shape index (κ1) is 12.9. The molecule has 0 atom stereocenters. The van der Waals surface area contributed by atoms with Gasteiger partial charge in [0.2, 0.25) is 0 Å². The molecule has 2 nitrogen and oxygen atoms in total. The van der Waals surface area contributed by atoms with Crippen LogP contribution in [0, 0.1) is 0 Å². The highest BCUT2D eigenvalue weighted by atomic mass is 16.5. The van der Waals surface area contributed by atoms with Gasteiger partial charge in [-0.3, -0.25) is 0 Å². The lowest BCUT2D eigenvalue weighted by atomic mass is 10.0. The van der Waals surface area contributed by atoms with Crippen LogP contribution < -0.4 is 0 Å². The summed E-state index contributed by atoms with van der Waals surface area (Å²) in [5.74, 6) is -0.451. The Bertz CT molecular complexity index is 542. The molecular weight excluding hydrogens is 236 g/mol. The van der Waals surface area contributed by atoms with Crippen molar-refractivity contribution in [3.05, 3.63) is 90.2 Å². The zero-order valence-corrected chi connectivity index (χ0v) is 10.5. The maximum atomic E-state index is 11.6. The van der Waals surface area contributed by atoms with Crippen molar-refractivity contribution in [2.75, 3.05) is 0 Å². The number of carbonyl (C=O) groups excluding carboxylic acids is 1. The first-order valence-corrected chi connectivity index (χ1v) is 5.97. The van der Waals surface area contributed by atoms with Gasteiger partial charge >= 0.3 is 5.97 Å². The molecule has 0 saturated heterocycles. The van der Waals surface area contributed by atoms with Gasteiger partial charge in [-0.2, -0.15) is 0 Å². The van der Waals surface area contributed by atoms with Gasteiger partial charge < -0.3 is 4.74 Å². The third-order valence-electron chi connectivity index (χ3n) is 2.66. The van der Waals surface area contributed by atoms with Gasteiger partial charge in [0.15, 0.2) is 6.10 Å². The summed E-state index contributed by atoms with van der Waals surface area (Å²) in [5, 5.41) is 0. The minimum atomic E-state index is -0.451. The minimum absolute atomic E-state index is 0.417. The summed E-state index contributed by atoms with van der Waals surface area (Å²) in [7, 11) is 0. The van der Waals surface area contributed by atoms with Crippen LogP contribution in [-0.2, 0) is 9.53 Å². The average Bonchev–Trinajstić information content (AvgIpc) is 2.47. The predicted octanol–water partition coefficient (Wildman–Crippen LogP) is 3.66. The van der Waals surface area contributed by atoms with E-state index in [1.165, 1.54) is 6.08 Å². The van der Waals surface area contributed by atoms with Crippen molar-refractivity contribution in [2.24, 2.45) is 0 Å². The third-order valence-corrected chi connectivity index (χ3v) is 2.66. The largest absolute Gasteiger partial charge is 0.449 e. The van der Waals surface area contributed by atoms with E-state index in [2.05, 4.69) is 12.3 Å². The Balaban J connectivity index is 2.34. The van der Waals surface area contributed by atoms with Crippen LogP contribution in [0.3, 0.4) is 0 Å². The quantitative estimate of drug-likeness (QED) is 0.470. The van der Waals surface area contributed by atoms with E-state index < -0.39 is 12.1 Å². The molecule has 19 heavy (non-hydrogen) atoms. The van der Waals surface area contributed by atoms with Crippen molar-refractivity contribution in [1.82, 2.24) is 0 Å². The molecule has 0 N–H and O–H groups in total. The maximum Gasteiger partial charge on any atom is 0.339 e. The van der Waals surface area contributed by atoms with Crippen LogP contribution in [0.5, 0.6) is 0 Å². The van der Waals surface area contributed by atoms with Gasteiger partial charge in [0, 0.05) is 0 Å². The zero-order chi connectivity index (χ0) is 13.5. The summed E-state index contributed by atoms with van der Waals surface area (Å²) < 4.78 is 5.47. The van der Waals surface area contributed by atoms with Crippen molar-refractivity contribution < 1.29 is 9.53 Å². The molecule has 2 rings (SSSR count). The van der Waals surface area contributed by atoms with E-state index in [9.17, 15) is 4.79 Å². The third kappa shape index (κ3) is 3.44. The van der Waals surface area contributed by atoms with E-state index in [0.29, 0.717) is 0 Å². The summed E-state index contributed by atoms with van der Waals surface area (Å²) >= 11 is 0. The molecular formula is C17H14O2. The first-order chi connectivity index (χ1) is 9.31. The summed E-state index contributed by atoms with van der Waals surface area (Å²) in [4.78, 5) is 11.6. The number of rotatable bonds is 4. The first-order valence-electron chi connectivity index (χ1n) is 5.97. The van der Waals surface area contributed by atoms with Gasteiger partial charge in [-0.25, -0.2) is 4.79 Å². The van der Waals surface area contributed by atoms with Gasteiger partial charge in [0.25, 0.3) is 0 Å². The molecule has 94 valence electrons. The van der Waals surface area contributed by atoms with Crippen LogP contribution in [0.25, 0.3) is 0 Å². The molecule has 0 aliphatic rings. The summed E-state index contributed by atoms with van der Waals surface area (Å²) in [6.45, 7) is 3.37. The smallest absolute Gasteiger partial charge is 0.339 e. The maximum absolute atomic E-state index is 11.6. The summed E-state index contributed by atoms with van der Waals surface area (Å²) in [6.07, 6.45) is 0.776. The molecule has 0 fully saturated rings. The van der Waals surface area contributed by atoms with Crippen LogP contribution in [0.1, 0.15) is 17.2 Å². The molecule has 0 aliphatic carbocycles. The van der Waals surface area contributed by atoms with E-state index in [1.807, 2.05) is 60.7 Å². The minimum Gasteiger partial charge on any atom is -0.449 e. The number of benzene rings is 2. The topological polar surface area (TPSA) is 26.3 Å². The number of hydrogen-bond acceptors (Lipinski definition) is 2. The lowest BCUT2D eigenvalue weighted by molar-refractivity contribution is -0.141. The molecule has 0 spiro atoms. The highest BCUT2D eigenvalue weighted by Crippen LogP contribution is 2.25. The van der Waals surface area contributed by atoms with E-state index in [1.54, 1.807) is 0 Å². The fourth-order valence-electron chi connectivity index (χ4n) is 1.82. The Morgan fingerprint density at radius 1 is 1.00 bits per heavy atom. The molecule has 0 aromatic heterocycles.